The van der Waals surface area contributed by atoms with Gasteiger partial charge in [-0.3, -0.25) is 4.79 Å². The molecular weight excluding hydrogens is 367 g/mol. The van der Waals surface area contributed by atoms with Crippen molar-refractivity contribution in [3.8, 4) is 11.4 Å². The molecule has 1 fully saturated rings. The van der Waals surface area contributed by atoms with Crippen LogP contribution in [0.1, 0.15) is 19.8 Å². The molecule has 0 N–H and O–H groups in total. The quantitative estimate of drug-likeness (QED) is 0.731. The van der Waals surface area contributed by atoms with Crippen molar-refractivity contribution in [2.45, 2.75) is 31.5 Å². The van der Waals surface area contributed by atoms with Crippen molar-refractivity contribution < 1.29 is 4.79 Å². The molecule has 1 amide bonds. The molecule has 0 radical (unpaired) electrons. The first-order valence-corrected chi connectivity index (χ1v) is 9.63. The third-order valence-corrected chi connectivity index (χ3v) is 5.49. The first kappa shape index (κ1) is 17.6. The van der Waals surface area contributed by atoms with E-state index in [0.29, 0.717) is 28.2 Å². The fraction of sp³-hybridized carbons (Fsp3) is 0.438. The summed E-state index contributed by atoms with van der Waals surface area (Å²) in [4.78, 5) is 14.1. The zero-order chi connectivity index (χ0) is 17.1. The number of amides is 1. The van der Waals surface area contributed by atoms with Gasteiger partial charge in [0, 0.05) is 30.2 Å². The summed E-state index contributed by atoms with van der Waals surface area (Å²) >= 11 is 13.7. The van der Waals surface area contributed by atoms with Crippen LogP contribution in [0.15, 0.2) is 23.4 Å². The lowest BCUT2D eigenvalue weighted by Gasteiger charge is -2.14. The van der Waals surface area contributed by atoms with Crippen molar-refractivity contribution in [3.63, 3.8) is 0 Å². The van der Waals surface area contributed by atoms with E-state index in [2.05, 4.69) is 10.2 Å². The highest BCUT2D eigenvalue weighted by Crippen LogP contribution is 2.31. The van der Waals surface area contributed by atoms with E-state index in [1.54, 1.807) is 12.1 Å². The normalized spacial score (nSPS) is 14.4. The minimum atomic E-state index is 0.161. The van der Waals surface area contributed by atoms with E-state index in [1.165, 1.54) is 11.8 Å². The van der Waals surface area contributed by atoms with E-state index in [1.807, 2.05) is 22.5 Å². The minimum Gasteiger partial charge on any atom is -0.342 e. The van der Waals surface area contributed by atoms with Crippen LogP contribution in [-0.4, -0.2) is 44.4 Å². The van der Waals surface area contributed by atoms with Gasteiger partial charge in [0.25, 0.3) is 0 Å². The summed E-state index contributed by atoms with van der Waals surface area (Å²) < 4.78 is 1.97. The number of aromatic nitrogens is 3. The van der Waals surface area contributed by atoms with Crippen LogP contribution in [0.3, 0.4) is 0 Å². The predicted octanol–water partition coefficient (Wildman–Crippen LogP) is 3.99. The molecule has 0 unspecified atom stereocenters. The van der Waals surface area contributed by atoms with E-state index in [4.69, 9.17) is 23.2 Å². The standard InChI is InChI=1S/C16H18Cl2N4OS/c1-2-22-15(12-6-5-11(17)9-13(12)18)19-20-16(22)24-10-14(23)21-7-3-4-8-21/h5-6,9H,2-4,7-8,10H2,1H3. The minimum absolute atomic E-state index is 0.161. The van der Waals surface area contributed by atoms with Gasteiger partial charge >= 0.3 is 0 Å². The van der Waals surface area contributed by atoms with Gasteiger partial charge in [0.15, 0.2) is 11.0 Å². The fourth-order valence-electron chi connectivity index (χ4n) is 2.73. The Bertz CT molecular complexity index is 744. The zero-order valence-corrected chi connectivity index (χ0v) is 15.7. The number of carbonyl (C=O) groups is 1. The van der Waals surface area contributed by atoms with Crippen molar-refractivity contribution in [1.29, 1.82) is 0 Å². The molecule has 0 atom stereocenters. The highest BCUT2D eigenvalue weighted by molar-refractivity contribution is 7.99. The highest BCUT2D eigenvalue weighted by atomic mass is 35.5. The van der Waals surface area contributed by atoms with Crippen LogP contribution in [0.5, 0.6) is 0 Å². The van der Waals surface area contributed by atoms with Crippen LogP contribution in [0, 0.1) is 0 Å². The van der Waals surface area contributed by atoms with Crippen LogP contribution < -0.4 is 0 Å². The third-order valence-electron chi connectivity index (χ3n) is 3.99. The highest BCUT2D eigenvalue weighted by Gasteiger charge is 2.20. The summed E-state index contributed by atoms with van der Waals surface area (Å²) in [6, 6.07) is 5.31. The predicted molar refractivity (Wildman–Crippen MR) is 97.7 cm³/mol. The largest absolute Gasteiger partial charge is 0.342 e. The fourth-order valence-corrected chi connectivity index (χ4v) is 4.13. The number of thioether (sulfide) groups is 1. The maximum atomic E-state index is 12.2. The lowest BCUT2D eigenvalue weighted by Crippen LogP contribution is -2.29. The topological polar surface area (TPSA) is 51.0 Å². The Morgan fingerprint density at radius 1 is 1.25 bits per heavy atom. The molecule has 1 aliphatic heterocycles. The van der Waals surface area contributed by atoms with Gasteiger partial charge in [-0.2, -0.15) is 0 Å². The number of likely N-dealkylation sites (tertiary alicyclic amines) is 1. The number of hydrogen-bond acceptors (Lipinski definition) is 4. The van der Waals surface area contributed by atoms with Crippen LogP contribution in [0.4, 0.5) is 0 Å². The van der Waals surface area contributed by atoms with E-state index < -0.39 is 0 Å². The van der Waals surface area contributed by atoms with E-state index >= 15 is 0 Å². The third kappa shape index (κ3) is 3.71. The summed E-state index contributed by atoms with van der Waals surface area (Å²) in [5.74, 6) is 1.23. The van der Waals surface area contributed by atoms with Crippen LogP contribution in [0.25, 0.3) is 11.4 Å². The average Bonchev–Trinajstić information content (AvgIpc) is 3.22. The summed E-state index contributed by atoms with van der Waals surface area (Å²) in [6.07, 6.45) is 2.20. The number of halogens is 2. The maximum absolute atomic E-state index is 12.2. The second kappa shape index (κ2) is 7.76. The van der Waals surface area contributed by atoms with E-state index in [-0.39, 0.29) is 5.91 Å². The van der Waals surface area contributed by atoms with Gasteiger partial charge in [0.2, 0.25) is 5.91 Å². The van der Waals surface area contributed by atoms with Gasteiger partial charge < -0.3 is 9.47 Å². The monoisotopic (exact) mass is 384 g/mol. The van der Waals surface area contributed by atoms with Crippen LogP contribution >= 0.6 is 35.0 Å². The molecule has 1 aromatic heterocycles. The molecule has 8 heteroatoms. The molecule has 24 heavy (non-hydrogen) atoms. The summed E-state index contributed by atoms with van der Waals surface area (Å²) in [7, 11) is 0. The van der Waals surface area contributed by atoms with E-state index in [0.717, 1.165) is 36.7 Å². The van der Waals surface area contributed by atoms with Crippen molar-refractivity contribution in [2.75, 3.05) is 18.8 Å². The van der Waals surface area contributed by atoms with Gasteiger partial charge in [-0.25, -0.2) is 0 Å². The molecule has 5 nitrogen and oxygen atoms in total. The van der Waals surface area contributed by atoms with Crippen LogP contribution in [-0.2, 0) is 11.3 Å². The molecule has 2 aromatic rings. The van der Waals surface area contributed by atoms with Gasteiger partial charge in [-0.1, -0.05) is 35.0 Å². The number of carbonyl (C=O) groups excluding carboxylic acids is 1. The Hall–Kier alpha value is -1.24. The molecule has 0 saturated carbocycles. The van der Waals surface area contributed by atoms with Crippen molar-refractivity contribution in [2.24, 2.45) is 0 Å². The SMILES string of the molecule is CCn1c(SCC(=O)N2CCCC2)nnc1-c1ccc(Cl)cc1Cl. The molecule has 1 aliphatic rings. The van der Waals surface area contributed by atoms with E-state index in [9.17, 15) is 4.79 Å². The number of benzene rings is 1. The van der Waals surface area contributed by atoms with Gasteiger partial charge in [0.05, 0.1) is 10.8 Å². The molecule has 0 spiro atoms. The molecule has 2 heterocycles. The summed E-state index contributed by atoms with van der Waals surface area (Å²) in [6.45, 7) is 4.45. The Kier molecular flexibility index (Phi) is 5.69. The first-order chi connectivity index (χ1) is 11.6. The Balaban J connectivity index is 1.78. The second-order valence-electron chi connectivity index (χ2n) is 5.55. The number of nitrogens with zero attached hydrogens (tertiary/aromatic N) is 4. The molecule has 1 saturated heterocycles. The second-order valence-corrected chi connectivity index (χ2v) is 7.34. The van der Waals surface area contributed by atoms with Crippen molar-refractivity contribution >= 4 is 40.9 Å². The lowest BCUT2D eigenvalue weighted by atomic mass is 10.2. The first-order valence-electron chi connectivity index (χ1n) is 7.89. The van der Waals surface area contributed by atoms with Gasteiger partial charge in [0.1, 0.15) is 0 Å². The summed E-state index contributed by atoms with van der Waals surface area (Å²) in [5.41, 5.74) is 0.785. The molecule has 1 aromatic carbocycles. The lowest BCUT2D eigenvalue weighted by molar-refractivity contribution is -0.127. The van der Waals surface area contributed by atoms with Crippen molar-refractivity contribution in [1.82, 2.24) is 19.7 Å². The number of hydrogen-bond donors (Lipinski definition) is 0. The van der Waals surface area contributed by atoms with Crippen LogP contribution in [0.2, 0.25) is 10.0 Å². The number of rotatable bonds is 5. The molecule has 0 bridgehead atoms. The molecule has 128 valence electrons. The molecular formula is C16H18Cl2N4OS. The van der Waals surface area contributed by atoms with Gasteiger partial charge in [-0.05, 0) is 38.0 Å². The molecule has 0 aliphatic carbocycles. The average molecular weight is 385 g/mol. The Morgan fingerprint density at radius 3 is 2.67 bits per heavy atom. The Labute approximate surface area is 155 Å². The Morgan fingerprint density at radius 2 is 2.00 bits per heavy atom. The van der Waals surface area contributed by atoms with Crippen molar-refractivity contribution in [3.05, 3.63) is 28.2 Å². The van der Waals surface area contributed by atoms with Gasteiger partial charge in [-0.15, -0.1) is 10.2 Å². The maximum Gasteiger partial charge on any atom is 0.233 e. The summed E-state index contributed by atoms with van der Waals surface area (Å²) in [5, 5.41) is 10.3. The zero-order valence-electron chi connectivity index (χ0n) is 13.3. The smallest absolute Gasteiger partial charge is 0.233 e. The molecule has 3 rings (SSSR count).